The molecule has 0 N–H and O–H groups in total. The third kappa shape index (κ3) is 1.38. The lowest BCUT2D eigenvalue weighted by Crippen LogP contribution is -1.92. The van der Waals surface area contributed by atoms with E-state index in [1.54, 1.807) is 7.11 Å². The average Bonchev–Trinajstić information content (AvgIpc) is 3.00. The van der Waals surface area contributed by atoms with Gasteiger partial charge in [-0.3, -0.25) is 0 Å². The first kappa shape index (κ1) is 9.04. The molecule has 4 heteroatoms. The zero-order valence-electron chi connectivity index (χ0n) is 8.40. The zero-order chi connectivity index (χ0) is 10.4. The molecule has 1 heterocycles. The second-order valence-corrected chi connectivity index (χ2v) is 4.17. The molecule has 0 atom stereocenters. The van der Waals surface area contributed by atoms with Crippen LogP contribution in [0.15, 0.2) is 18.2 Å². The SMILES string of the molecule is COc1ccc2c(c1)nc(Cl)n2C1CC1. The first-order valence-electron chi connectivity index (χ1n) is 5.01. The van der Waals surface area contributed by atoms with Crippen molar-refractivity contribution in [3.8, 4) is 5.75 Å². The minimum absolute atomic E-state index is 0.552. The van der Waals surface area contributed by atoms with E-state index in [9.17, 15) is 0 Å². The van der Waals surface area contributed by atoms with Gasteiger partial charge in [0, 0.05) is 12.1 Å². The number of methoxy groups -OCH3 is 1. The zero-order valence-corrected chi connectivity index (χ0v) is 9.16. The molecule has 0 bridgehead atoms. The van der Waals surface area contributed by atoms with Gasteiger partial charge in [0.05, 0.1) is 18.1 Å². The quantitative estimate of drug-likeness (QED) is 0.781. The first-order valence-corrected chi connectivity index (χ1v) is 5.39. The van der Waals surface area contributed by atoms with Crippen LogP contribution in [0.4, 0.5) is 0 Å². The second-order valence-electron chi connectivity index (χ2n) is 3.84. The molecular weight excluding hydrogens is 212 g/mol. The number of hydrogen-bond donors (Lipinski definition) is 0. The topological polar surface area (TPSA) is 27.1 Å². The molecule has 1 saturated carbocycles. The van der Waals surface area contributed by atoms with E-state index in [2.05, 4.69) is 9.55 Å². The van der Waals surface area contributed by atoms with Gasteiger partial charge >= 0.3 is 0 Å². The minimum atomic E-state index is 0.552. The molecule has 1 fully saturated rings. The summed E-state index contributed by atoms with van der Waals surface area (Å²) in [4.78, 5) is 4.33. The monoisotopic (exact) mass is 222 g/mol. The van der Waals surface area contributed by atoms with Crippen LogP contribution in [-0.4, -0.2) is 16.7 Å². The predicted molar refractivity (Wildman–Crippen MR) is 59.6 cm³/mol. The van der Waals surface area contributed by atoms with E-state index in [-0.39, 0.29) is 0 Å². The van der Waals surface area contributed by atoms with Crippen molar-refractivity contribution in [2.75, 3.05) is 7.11 Å². The van der Waals surface area contributed by atoms with Gasteiger partial charge in [-0.25, -0.2) is 4.98 Å². The molecule has 15 heavy (non-hydrogen) atoms. The highest BCUT2D eigenvalue weighted by Crippen LogP contribution is 2.40. The fourth-order valence-electron chi connectivity index (χ4n) is 1.86. The fourth-order valence-corrected chi connectivity index (χ4v) is 2.18. The Bertz CT molecular complexity index is 517. The number of nitrogens with zero attached hydrogens (tertiary/aromatic N) is 2. The Morgan fingerprint density at radius 2 is 2.27 bits per heavy atom. The van der Waals surface area contributed by atoms with Crippen LogP contribution in [0.2, 0.25) is 5.28 Å². The van der Waals surface area contributed by atoms with Crippen LogP contribution in [0.1, 0.15) is 18.9 Å². The molecule has 0 aliphatic heterocycles. The number of ether oxygens (including phenoxy) is 1. The normalized spacial score (nSPS) is 15.9. The van der Waals surface area contributed by atoms with Crippen LogP contribution < -0.4 is 4.74 Å². The maximum Gasteiger partial charge on any atom is 0.204 e. The molecule has 1 aliphatic carbocycles. The van der Waals surface area contributed by atoms with E-state index < -0.39 is 0 Å². The molecule has 0 amide bonds. The first-order chi connectivity index (χ1) is 7.29. The standard InChI is InChI=1S/C11H11ClN2O/c1-15-8-4-5-10-9(6-8)13-11(12)14(10)7-2-3-7/h4-7H,2-3H2,1H3. The maximum atomic E-state index is 6.11. The number of rotatable bonds is 2. The molecule has 3 rings (SSSR count). The summed E-state index contributed by atoms with van der Waals surface area (Å²) in [7, 11) is 1.65. The summed E-state index contributed by atoms with van der Waals surface area (Å²) in [5.74, 6) is 0.819. The molecule has 1 aliphatic rings. The highest BCUT2D eigenvalue weighted by molar-refractivity contribution is 6.29. The van der Waals surface area contributed by atoms with E-state index in [1.807, 2.05) is 18.2 Å². The smallest absolute Gasteiger partial charge is 0.204 e. The Hall–Kier alpha value is -1.22. The highest BCUT2D eigenvalue weighted by Gasteiger charge is 2.27. The fraction of sp³-hybridized carbons (Fsp3) is 0.364. The molecular formula is C11H11ClN2O. The Morgan fingerprint density at radius 3 is 2.93 bits per heavy atom. The summed E-state index contributed by atoms with van der Waals surface area (Å²) >= 11 is 6.11. The van der Waals surface area contributed by atoms with Crippen molar-refractivity contribution in [3.63, 3.8) is 0 Å². The number of halogens is 1. The summed E-state index contributed by atoms with van der Waals surface area (Å²) in [5, 5.41) is 0.584. The van der Waals surface area contributed by atoms with E-state index >= 15 is 0 Å². The molecule has 78 valence electrons. The van der Waals surface area contributed by atoms with Gasteiger partial charge < -0.3 is 9.30 Å². The lowest BCUT2D eigenvalue weighted by molar-refractivity contribution is 0.415. The summed E-state index contributed by atoms with van der Waals surface area (Å²) in [6.45, 7) is 0. The molecule has 1 aromatic heterocycles. The van der Waals surface area contributed by atoms with E-state index in [4.69, 9.17) is 16.3 Å². The maximum absolute atomic E-state index is 6.11. The average molecular weight is 223 g/mol. The largest absolute Gasteiger partial charge is 0.497 e. The van der Waals surface area contributed by atoms with Crippen LogP contribution >= 0.6 is 11.6 Å². The molecule has 1 aromatic carbocycles. The molecule has 2 aromatic rings. The minimum Gasteiger partial charge on any atom is -0.497 e. The lowest BCUT2D eigenvalue weighted by Gasteiger charge is -2.03. The van der Waals surface area contributed by atoms with Gasteiger partial charge in [-0.1, -0.05) is 0 Å². The van der Waals surface area contributed by atoms with Crippen molar-refractivity contribution >= 4 is 22.6 Å². The van der Waals surface area contributed by atoms with Crippen LogP contribution in [0.3, 0.4) is 0 Å². The van der Waals surface area contributed by atoms with Crippen molar-refractivity contribution < 1.29 is 4.74 Å². The van der Waals surface area contributed by atoms with Crippen molar-refractivity contribution in [2.45, 2.75) is 18.9 Å². The Balaban J connectivity index is 2.23. The van der Waals surface area contributed by atoms with Gasteiger partial charge in [-0.05, 0) is 36.6 Å². The second kappa shape index (κ2) is 3.14. The highest BCUT2D eigenvalue weighted by atomic mass is 35.5. The lowest BCUT2D eigenvalue weighted by atomic mass is 10.3. The third-order valence-corrected chi connectivity index (χ3v) is 3.03. The third-order valence-electron chi connectivity index (χ3n) is 2.77. The Kier molecular flexibility index (Phi) is 1.89. The number of aromatic nitrogens is 2. The van der Waals surface area contributed by atoms with Crippen LogP contribution in [0.5, 0.6) is 5.75 Å². The van der Waals surface area contributed by atoms with Gasteiger partial charge in [0.2, 0.25) is 5.28 Å². The van der Waals surface area contributed by atoms with Crippen LogP contribution in [-0.2, 0) is 0 Å². The van der Waals surface area contributed by atoms with E-state index in [0.29, 0.717) is 11.3 Å². The summed E-state index contributed by atoms with van der Waals surface area (Å²) in [5.41, 5.74) is 2.01. The summed E-state index contributed by atoms with van der Waals surface area (Å²) in [6, 6.07) is 6.43. The van der Waals surface area contributed by atoms with Crippen molar-refractivity contribution in [1.29, 1.82) is 0 Å². The summed E-state index contributed by atoms with van der Waals surface area (Å²) in [6.07, 6.45) is 2.41. The van der Waals surface area contributed by atoms with Crippen LogP contribution in [0.25, 0.3) is 11.0 Å². The van der Waals surface area contributed by atoms with Gasteiger partial charge in [-0.2, -0.15) is 0 Å². The predicted octanol–water partition coefficient (Wildman–Crippen LogP) is 3.03. The number of benzene rings is 1. The van der Waals surface area contributed by atoms with Gasteiger partial charge in [0.15, 0.2) is 0 Å². The van der Waals surface area contributed by atoms with Gasteiger partial charge in [0.25, 0.3) is 0 Å². The van der Waals surface area contributed by atoms with Crippen molar-refractivity contribution in [1.82, 2.24) is 9.55 Å². The molecule has 0 unspecified atom stereocenters. The van der Waals surface area contributed by atoms with Crippen molar-refractivity contribution in [2.24, 2.45) is 0 Å². The van der Waals surface area contributed by atoms with E-state index in [1.165, 1.54) is 12.8 Å². The van der Waals surface area contributed by atoms with Crippen molar-refractivity contribution in [3.05, 3.63) is 23.5 Å². The van der Waals surface area contributed by atoms with Crippen LogP contribution in [0, 0.1) is 0 Å². The molecule has 0 spiro atoms. The molecule has 3 nitrogen and oxygen atoms in total. The molecule has 0 radical (unpaired) electrons. The Labute approximate surface area is 92.6 Å². The van der Waals surface area contributed by atoms with E-state index in [0.717, 1.165) is 16.8 Å². The number of hydrogen-bond acceptors (Lipinski definition) is 2. The van der Waals surface area contributed by atoms with Gasteiger partial charge in [-0.15, -0.1) is 0 Å². The van der Waals surface area contributed by atoms with Gasteiger partial charge in [0.1, 0.15) is 5.75 Å². The Morgan fingerprint density at radius 1 is 1.47 bits per heavy atom. The summed E-state index contributed by atoms with van der Waals surface area (Å²) < 4.78 is 7.26. The number of fused-ring (bicyclic) bond motifs is 1. The number of imidazole rings is 1. The molecule has 0 saturated heterocycles.